The summed E-state index contributed by atoms with van der Waals surface area (Å²) in [5, 5.41) is 4.27. The Kier molecular flexibility index (Phi) is 2.30. The Morgan fingerprint density at radius 3 is 2.50 bits per heavy atom. The molecule has 5 heteroatoms. The van der Waals surface area contributed by atoms with Gasteiger partial charge in [0, 0.05) is 37.5 Å². The van der Waals surface area contributed by atoms with Gasteiger partial charge in [-0.15, -0.1) is 0 Å². The van der Waals surface area contributed by atoms with E-state index in [-0.39, 0.29) is 5.56 Å². The average molecular weight is 218 g/mol. The summed E-state index contributed by atoms with van der Waals surface area (Å²) >= 11 is 0. The van der Waals surface area contributed by atoms with Gasteiger partial charge >= 0.3 is 0 Å². The Balaban J connectivity index is 2.61. The quantitative estimate of drug-likeness (QED) is 0.765. The summed E-state index contributed by atoms with van der Waals surface area (Å²) < 4.78 is 3.16. The highest BCUT2D eigenvalue weighted by molar-refractivity contribution is 5.61. The number of aromatic nitrogens is 3. The van der Waals surface area contributed by atoms with Gasteiger partial charge in [-0.25, -0.2) is 0 Å². The highest BCUT2D eigenvalue weighted by atomic mass is 16.1. The summed E-state index contributed by atoms with van der Waals surface area (Å²) in [6, 6.07) is 3.61. The van der Waals surface area contributed by atoms with E-state index < -0.39 is 0 Å². The Bertz CT molecular complexity index is 549. The van der Waals surface area contributed by atoms with Crippen molar-refractivity contribution in [1.29, 1.82) is 0 Å². The van der Waals surface area contributed by atoms with Crippen LogP contribution < -0.4 is 11.3 Å². The molecule has 0 atom stereocenters. The van der Waals surface area contributed by atoms with Crippen LogP contribution in [0.2, 0.25) is 0 Å². The molecule has 0 bridgehead atoms. The molecule has 0 radical (unpaired) electrons. The third kappa shape index (κ3) is 1.60. The number of rotatable bonds is 1. The van der Waals surface area contributed by atoms with Crippen LogP contribution in [0.15, 0.2) is 23.1 Å². The molecule has 2 aromatic rings. The predicted molar refractivity (Wildman–Crippen MR) is 63.0 cm³/mol. The third-order valence-corrected chi connectivity index (χ3v) is 2.57. The van der Waals surface area contributed by atoms with Crippen molar-refractivity contribution >= 4 is 5.82 Å². The van der Waals surface area contributed by atoms with E-state index in [2.05, 4.69) is 5.10 Å². The number of nitrogen functional groups attached to an aromatic ring is 1. The number of anilines is 1. The fourth-order valence-electron chi connectivity index (χ4n) is 1.64. The van der Waals surface area contributed by atoms with Crippen molar-refractivity contribution in [3.8, 4) is 11.3 Å². The zero-order valence-corrected chi connectivity index (χ0v) is 9.56. The SMILES string of the molecule is Cc1cc(-c2cc(N)n(C)n2)cn(C)c1=O. The zero-order chi connectivity index (χ0) is 11.9. The summed E-state index contributed by atoms with van der Waals surface area (Å²) in [7, 11) is 3.51. The maximum Gasteiger partial charge on any atom is 0.253 e. The predicted octanol–water partition coefficient (Wildman–Crippen LogP) is 0.676. The molecule has 0 amide bonds. The smallest absolute Gasteiger partial charge is 0.253 e. The number of aryl methyl sites for hydroxylation is 3. The van der Waals surface area contributed by atoms with E-state index in [0.29, 0.717) is 11.4 Å². The van der Waals surface area contributed by atoms with Crippen molar-refractivity contribution in [2.75, 3.05) is 5.73 Å². The van der Waals surface area contributed by atoms with E-state index >= 15 is 0 Å². The van der Waals surface area contributed by atoms with E-state index in [4.69, 9.17) is 5.73 Å². The van der Waals surface area contributed by atoms with Crippen molar-refractivity contribution in [1.82, 2.24) is 14.3 Å². The van der Waals surface area contributed by atoms with Gasteiger partial charge in [-0.3, -0.25) is 9.48 Å². The second-order valence-corrected chi connectivity index (χ2v) is 3.91. The standard InChI is InChI=1S/C11H14N4O/c1-7-4-8(6-14(2)11(7)16)9-5-10(12)15(3)13-9/h4-6H,12H2,1-3H3. The summed E-state index contributed by atoms with van der Waals surface area (Å²) in [6.45, 7) is 1.79. The second kappa shape index (κ2) is 3.52. The molecule has 2 aromatic heterocycles. The lowest BCUT2D eigenvalue weighted by Gasteiger charge is -2.03. The Morgan fingerprint density at radius 1 is 1.31 bits per heavy atom. The van der Waals surface area contributed by atoms with Gasteiger partial charge in [0.25, 0.3) is 5.56 Å². The lowest BCUT2D eigenvalue weighted by atomic mass is 10.1. The van der Waals surface area contributed by atoms with E-state index in [9.17, 15) is 4.79 Å². The van der Waals surface area contributed by atoms with Crippen molar-refractivity contribution in [2.24, 2.45) is 14.1 Å². The van der Waals surface area contributed by atoms with Crippen molar-refractivity contribution in [3.05, 3.63) is 34.2 Å². The Hall–Kier alpha value is -2.04. The lowest BCUT2D eigenvalue weighted by molar-refractivity contribution is 0.780. The first-order valence-corrected chi connectivity index (χ1v) is 4.96. The first-order valence-electron chi connectivity index (χ1n) is 4.96. The molecule has 5 nitrogen and oxygen atoms in total. The molecule has 0 saturated heterocycles. The summed E-state index contributed by atoms with van der Waals surface area (Å²) in [6.07, 6.45) is 1.76. The number of hydrogen-bond donors (Lipinski definition) is 1. The number of nitrogens with two attached hydrogens (primary N) is 1. The van der Waals surface area contributed by atoms with Crippen LogP contribution in [0.25, 0.3) is 11.3 Å². The molecule has 0 aromatic carbocycles. The van der Waals surface area contributed by atoms with E-state index in [0.717, 1.165) is 11.3 Å². The molecular formula is C11H14N4O. The minimum absolute atomic E-state index is 0.00709. The molecule has 2 rings (SSSR count). The molecule has 0 aliphatic carbocycles. The Labute approximate surface area is 93.1 Å². The largest absolute Gasteiger partial charge is 0.384 e. The van der Waals surface area contributed by atoms with Crippen LogP contribution in [0.1, 0.15) is 5.56 Å². The molecule has 0 fully saturated rings. The van der Waals surface area contributed by atoms with Crippen LogP contribution >= 0.6 is 0 Å². The minimum Gasteiger partial charge on any atom is -0.384 e. The topological polar surface area (TPSA) is 65.8 Å². The van der Waals surface area contributed by atoms with Gasteiger partial charge < -0.3 is 10.3 Å². The summed E-state index contributed by atoms with van der Waals surface area (Å²) in [5.74, 6) is 0.599. The minimum atomic E-state index is 0.00709. The number of nitrogens with zero attached hydrogens (tertiary/aromatic N) is 3. The van der Waals surface area contributed by atoms with Crippen molar-refractivity contribution < 1.29 is 0 Å². The van der Waals surface area contributed by atoms with Gasteiger partial charge in [0.05, 0.1) is 5.69 Å². The monoisotopic (exact) mass is 218 g/mol. The van der Waals surface area contributed by atoms with E-state index in [1.54, 1.807) is 42.5 Å². The normalized spacial score (nSPS) is 10.7. The van der Waals surface area contributed by atoms with E-state index in [1.165, 1.54) is 0 Å². The lowest BCUT2D eigenvalue weighted by Crippen LogP contribution is -2.18. The van der Waals surface area contributed by atoms with Gasteiger partial charge in [-0.05, 0) is 13.0 Å². The van der Waals surface area contributed by atoms with Gasteiger partial charge in [0.2, 0.25) is 0 Å². The summed E-state index contributed by atoms with van der Waals surface area (Å²) in [4.78, 5) is 11.5. The van der Waals surface area contributed by atoms with Crippen LogP contribution in [0.3, 0.4) is 0 Å². The summed E-state index contributed by atoms with van der Waals surface area (Å²) in [5.41, 5.74) is 8.09. The first kappa shape index (κ1) is 10.5. The van der Waals surface area contributed by atoms with Crippen LogP contribution in [0, 0.1) is 6.92 Å². The van der Waals surface area contributed by atoms with Crippen LogP contribution in [0.4, 0.5) is 5.82 Å². The first-order chi connectivity index (χ1) is 7.49. The molecule has 2 N–H and O–H groups in total. The molecule has 0 aliphatic rings. The van der Waals surface area contributed by atoms with Gasteiger partial charge in [0.15, 0.2) is 0 Å². The molecule has 0 unspecified atom stereocenters. The van der Waals surface area contributed by atoms with Crippen LogP contribution in [-0.2, 0) is 14.1 Å². The molecular weight excluding hydrogens is 204 g/mol. The number of hydrogen-bond acceptors (Lipinski definition) is 3. The molecule has 0 saturated carbocycles. The fraction of sp³-hybridized carbons (Fsp3) is 0.273. The van der Waals surface area contributed by atoms with Gasteiger partial charge in [0.1, 0.15) is 5.82 Å². The highest BCUT2D eigenvalue weighted by Gasteiger charge is 2.07. The van der Waals surface area contributed by atoms with Gasteiger partial charge in [-0.1, -0.05) is 0 Å². The number of pyridine rings is 1. The highest BCUT2D eigenvalue weighted by Crippen LogP contribution is 2.19. The zero-order valence-electron chi connectivity index (χ0n) is 9.56. The van der Waals surface area contributed by atoms with Crippen LogP contribution in [0.5, 0.6) is 0 Å². The Morgan fingerprint density at radius 2 is 2.00 bits per heavy atom. The maximum atomic E-state index is 11.5. The third-order valence-electron chi connectivity index (χ3n) is 2.57. The van der Waals surface area contributed by atoms with Gasteiger partial charge in [-0.2, -0.15) is 5.10 Å². The van der Waals surface area contributed by atoms with E-state index in [1.807, 2.05) is 6.07 Å². The van der Waals surface area contributed by atoms with Crippen molar-refractivity contribution in [2.45, 2.75) is 6.92 Å². The molecule has 0 aliphatic heterocycles. The second-order valence-electron chi connectivity index (χ2n) is 3.91. The average Bonchev–Trinajstić information content (AvgIpc) is 2.55. The van der Waals surface area contributed by atoms with Crippen molar-refractivity contribution in [3.63, 3.8) is 0 Å². The molecule has 84 valence electrons. The maximum absolute atomic E-state index is 11.5. The molecule has 0 spiro atoms. The fourth-order valence-corrected chi connectivity index (χ4v) is 1.64. The molecule has 2 heterocycles. The molecule has 16 heavy (non-hydrogen) atoms. The van der Waals surface area contributed by atoms with Crippen LogP contribution in [-0.4, -0.2) is 14.3 Å².